The lowest BCUT2D eigenvalue weighted by molar-refractivity contribution is 0.0696. The first-order valence-electron chi connectivity index (χ1n) is 5.74. The molecule has 0 atom stereocenters. The lowest BCUT2D eigenvalue weighted by atomic mass is 10.1. The number of benzene rings is 1. The van der Waals surface area contributed by atoms with Crippen LogP contribution in [-0.4, -0.2) is 36.2 Å². The molecule has 102 valence electrons. The first kappa shape index (κ1) is 16.7. The van der Waals surface area contributed by atoms with E-state index in [1.165, 1.54) is 0 Å². The molecule has 0 aliphatic heterocycles. The Hall–Kier alpha value is -1.26. The van der Waals surface area contributed by atoms with Crippen LogP contribution >= 0.6 is 12.4 Å². The van der Waals surface area contributed by atoms with E-state index in [1.54, 1.807) is 19.2 Å². The van der Waals surface area contributed by atoms with Crippen molar-refractivity contribution in [3.05, 3.63) is 29.3 Å². The monoisotopic (exact) mass is 273 g/mol. The van der Waals surface area contributed by atoms with Gasteiger partial charge in [-0.15, -0.1) is 12.4 Å². The quantitative estimate of drug-likeness (QED) is 0.866. The van der Waals surface area contributed by atoms with Crippen molar-refractivity contribution in [3.63, 3.8) is 0 Å². The maximum Gasteiger partial charge on any atom is 0.335 e. The lowest BCUT2D eigenvalue weighted by Gasteiger charge is -2.19. The second-order valence-electron chi connectivity index (χ2n) is 3.79. The Bertz CT molecular complexity index is 392. The number of carboxylic acids is 1. The zero-order valence-electron chi connectivity index (χ0n) is 11.0. The van der Waals surface area contributed by atoms with Crippen molar-refractivity contribution in [3.8, 4) is 5.75 Å². The third-order valence-corrected chi connectivity index (χ3v) is 2.82. The highest BCUT2D eigenvalue weighted by Gasteiger charge is 2.10. The van der Waals surface area contributed by atoms with Gasteiger partial charge in [0.25, 0.3) is 0 Å². The third-order valence-electron chi connectivity index (χ3n) is 2.82. The minimum atomic E-state index is -0.933. The number of aromatic carboxylic acids is 1. The van der Waals surface area contributed by atoms with Gasteiger partial charge in [0.05, 0.1) is 12.7 Å². The Morgan fingerprint density at radius 2 is 1.94 bits per heavy atom. The number of hydrogen-bond donors (Lipinski definition) is 1. The SMILES string of the molecule is CCN(CC)Cc1ccc(C(=O)O)cc1OC.Cl. The van der Waals surface area contributed by atoms with Crippen molar-refractivity contribution in [2.45, 2.75) is 20.4 Å². The van der Waals surface area contributed by atoms with E-state index in [2.05, 4.69) is 18.7 Å². The van der Waals surface area contributed by atoms with E-state index < -0.39 is 5.97 Å². The predicted molar refractivity (Wildman–Crippen MR) is 73.8 cm³/mol. The van der Waals surface area contributed by atoms with Gasteiger partial charge in [0.2, 0.25) is 0 Å². The molecular formula is C13H20ClNO3. The van der Waals surface area contributed by atoms with E-state index >= 15 is 0 Å². The summed E-state index contributed by atoms with van der Waals surface area (Å²) in [6.45, 7) is 6.89. The standard InChI is InChI=1S/C13H19NO3.ClH/c1-4-14(5-2)9-11-7-6-10(13(15)16)8-12(11)17-3;/h6-8H,4-5,9H2,1-3H3,(H,15,16);1H. The van der Waals surface area contributed by atoms with Gasteiger partial charge in [0, 0.05) is 12.1 Å². The minimum absolute atomic E-state index is 0. The molecule has 0 aromatic heterocycles. The Morgan fingerprint density at radius 3 is 2.39 bits per heavy atom. The summed E-state index contributed by atoms with van der Waals surface area (Å²) < 4.78 is 5.24. The van der Waals surface area contributed by atoms with Crippen molar-refractivity contribution in [2.24, 2.45) is 0 Å². The molecule has 0 saturated heterocycles. The van der Waals surface area contributed by atoms with Crippen molar-refractivity contribution in [2.75, 3.05) is 20.2 Å². The molecule has 0 saturated carbocycles. The van der Waals surface area contributed by atoms with Crippen LogP contribution in [0, 0.1) is 0 Å². The van der Waals surface area contributed by atoms with Crippen LogP contribution in [0.1, 0.15) is 29.8 Å². The third kappa shape index (κ3) is 4.20. The van der Waals surface area contributed by atoms with E-state index in [0.29, 0.717) is 5.75 Å². The summed E-state index contributed by atoms with van der Waals surface area (Å²) >= 11 is 0. The fourth-order valence-electron chi connectivity index (χ4n) is 1.70. The smallest absolute Gasteiger partial charge is 0.335 e. The van der Waals surface area contributed by atoms with E-state index in [-0.39, 0.29) is 18.0 Å². The number of halogens is 1. The highest BCUT2D eigenvalue weighted by atomic mass is 35.5. The molecule has 0 amide bonds. The summed E-state index contributed by atoms with van der Waals surface area (Å²) in [5, 5.41) is 8.90. The molecule has 0 aliphatic carbocycles. The van der Waals surface area contributed by atoms with Crippen LogP contribution in [0.5, 0.6) is 5.75 Å². The van der Waals surface area contributed by atoms with Crippen LogP contribution in [-0.2, 0) is 6.54 Å². The van der Waals surface area contributed by atoms with Crippen molar-refractivity contribution < 1.29 is 14.6 Å². The van der Waals surface area contributed by atoms with Crippen LogP contribution < -0.4 is 4.74 Å². The number of nitrogens with zero attached hydrogens (tertiary/aromatic N) is 1. The Balaban J connectivity index is 0.00000289. The highest BCUT2D eigenvalue weighted by Crippen LogP contribution is 2.21. The zero-order chi connectivity index (χ0) is 12.8. The molecule has 0 heterocycles. The van der Waals surface area contributed by atoms with Crippen molar-refractivity contribution in [1.29, 1.82) is 0 Å². The summed E-state index contributed by atoms with van der Waals surface area (Å²) in [5.74, 6) is -0.297. The fourth-order valence-corrected chi connectivity index (χ4v) is 1.70. The van der Waals surface area contributed by atoms with Gasteiger partial charge in [-0.25, -0.2) is 4.79 Å². The molecule has 0 bridgehead atoms. The molecule has 1 aromatic rings. The summed E-state index contributed by atoms with van der Waals surface area (Å²) in [6, 6.07) is 5.01. The van der Waals surface area contributed by atoms with Gasteiger partial charge in [-0.05, 0) is 25.2 Å². The maximum absolute atomic E-state index is 10.8. The van der Waals surface area contributed by atoms with Gasteiger partial charge in [-0.1, -0.05) is 19.9 Å². The number of hydrogen-bond acceptors (Lipinski definition) is 3. The van der Waals surface area contributed by atoms with Gasteiger partial charge in [-0.2, -0.15) is 0 Å². The minimum Gasteiger partial charge on any atom is -0.496 e. The molecule has 0 radical (unpaired) electrons. The van der Waals surface area contributed by atoms with E-state index in [1.807, 2.05) is 6.07 Å². The molecule has 4 nitrogen and oxygen atoms in total. The average molecular weight is 274 g/mol. The van der Waals surface area contributed by atoms with Gasteiger partial charge in [-0.3, -0.25) is 4.90 Å². The lowest BCUT2D eigenvalue weighted by Crippen LogP contribution is -2.22. The number of rotatable bonds is 6. The number of carbonyl (C=O) groups is 1. The topological polar surface area (TPSA) is 49.8 Å². The molecule has 1 rings (SSSR count). The molecule has 18 heavy (non-hydrogen) atoms. The van der Waals surface area contributed by atoms with E-state index in [4.69, 9.17) is 9.84 Å². The van der Waals surface area contributed by atoms with Crippen LogP contribution in [0.3, 0.4) is 0 Å². The number of ether oxygens (including phenoxy) is 1. The Morgan fingerprint density at radius 1 is 1.33 bits per heavy atom. The van der Waals surface area contributed by atoms with Crippen molar-refractivity contribution >= 4 is 18.4 Å². The first-order chi connectivity index (χ1) is 8.12. The van der Waals surface area contributed by atoms with Crippen LogP contribution in [0.4, 0.5) is 0 Å². The molecule has 0 aliphatic rings. The number of methoxy groups -OCH3 is 1. The number of carboxylic acid groups (broad SMARTS) is 1. The van der Waals surface area contributed by atoms with Gasteiger partial charge >= 0.3 is 5.97 Å². The van der Waals surface area contributed by atoms with Gasteiger partial charge in [0.1, 0.15) is 5.75 Å². The molecule has 1 N–H and O–H groups in total. The second kappa shape index (κ2) is 7.95. The van der Waals surface area contributed by atoms with Crippen LogP contribution in [0.25, 0.3) is 0 Å². The average Bonchev–Trinajstić information content (AvgIpc) is 2.35. The van der Waals surface area contributed by atoms with E-state index in [9.17, 15) is 4.79 Å². The van der Waals surface area contributed by atoms with Crippen LogP contribution in [0.2, 0.25) is 0 Å². The zero-order valence-corrected chi connectivity index (χ0v) is 11.8. The second-order valence-corrected chi connectivity index (χ2v) is 3.79. The summed E-state index contributed by atoms with van der Waals surface area (Å²) in [6.07, 6.45) is 0. The normalized spacial score (nSPS) is 10.0. The molecule has 0 unspecified atom stereocenters. The first-order valence-corrected chi connectivity index (χ1v) is 5.74. The van der Waals surface area contributed by atoms with Gasteiger partial charge < -0.3 is 9.84 Å². The summed E-state index contributed by atoms with van der Waals surface area (Å²) in [4.78, 5) is 13.1. The molecule has 0 spiro atoms. The predicted octanol–water partition coefficient (Wildman–Crippen LogP) is 2.66. The van der Waals surface area contributed by atoms with Gasteiger partial charge in [0.15, 0.2) is 0 Å². The van der Waals surface area contributed by atoms with Crippen molar-refractivity contribution in [1.82, 2.24) is 4.90 Å². The summed E-state index contributed by atoms with van der Waals surface area (Å²) in [7, 11) is 1.56. The molecule has 0 fully saturated rings. The maximum atomic E-state index is 10.8. The summed E-state index contributed by atoms with van der Waals surface area (Å²) in [5.41, 5.74) is 1.27. The fraction of sp³-hybridized carbons (Fsp3) is 0.462. The Labute approximate surface area is 114 Å². The van der Waals surface area contributed by atoms with Crippen LogP contribution in [0.15, 0.2) is 18.2 Å². The highest BCUT2D eigenvalue weighted by molar-refractivity contribution is 5.88. The largest absolute Gasteiger partial charge is 0.496 e. The molecule has 1 aromatic carbocycles. The Kier molecular flexibility index (Phi) is 7.39. The molecule has 5 heteroatoms. The molecular weight excluding hydrogens is 254 g/mol. The van der Waals surface area contributed by atoms with E-state index in [0.717, 1.165) is 25.2 Å².